The van der Waals surface area contributed by atoms with Gasteiger partial charge in [0.1, 0.15) is 11.8 Å². The summed E-state index contributed by atoms with van der Waals surface area (Å²) in [7, 11) is 0. The van der Waals surface area contributed by atoms with Crippen LogP contribution >= 0.6 is 0 Å². The molecule has 3 aliphatic rings. The number of Topliss-reactive ketones (excluding diaryl/α,β-unsaturated/α-hetero) is 1. The summed E-state index contributed by atoms with van der Waals surface area (Å²) in [5, 5.41) is 8.59. The van der Waals surface area contributed by atoms with Gasteiger partial charge in [0, 0.05) is 38.0 Å². The highest BCUT2D eigenvalue weighted by Gasteiger charge is 2.46. The maximum absolute atomic E-state index is 12.1. The lowest BCUT2D eigenvalue weighted by Crippen LogP contribution is -2.69. The van der Waals surface area contributed by atoms with Gasteiger partial charge in [-0.1, -0.05) is 5.16 Å². The molecule has 0 radical (unpaired) electrons. The molecule has 0 aromatic carbocycles. The SMILES string of the molecule is Cc1c(-c2nc([C@H]3CN4CCN34)no2)oc2c1C(=O)CCC2. The van der Waals surface area contributed by atoms with Gasteiger partial charge in [-0.3, -0.25) is 4.79 Å². The molecule has 2 aromatic rings. The van der Waals surface area contributed by atoms with Crippen molar-refractivity contribution < 1.29 is 13.7 Å². The number of rotatable bonds is 2. The first-order valence-corrected chi connectivity index (χ1v) is 7.73. The van der Waals surface area contributed by atoms with Crippen LogP contribution in [0.3, 0.4) is 0 Å². The highest BCUT2D eigenvalue weighted by Crippen LogP contribution is 2.38. The lowest BCUT2D eigenvalue weighted by Gasteiger charge is -2.57. The Bertz CT molecular complexity index is 778. The second-order valence-electron chi connectivity index (χ2n) is 6.18. The van der Waals surface area contributed by atoms with Crippen molar-refractivity contribution in [3.05, 3.63) is 22.7 Å². The van der Waals surface area contributed by atoms with Crippen LogP contribution in [0.4, 0.5) is 0 Å². The molecule has 1 atom stereocenters. The third kappa shape index (κ3) is 1.55. The maximum Gasteiger partial charge on any atom is 0.293 e. The lowest BCUT2D eigenvalue weighted by molar-refractivity contribution is -0.239. The molecule has 114 valence electrons. The van der Waals surface area contributed by atoms with Crippen molar-refractivity contribution in [2.75, 3.05) is 19.6 Å². The van der Waals surface area contributed by atoms with Crippen molar-refractivity contribution in [3.8, 4) is 11.7 Å². The van der Waals surface area contributed by atoms with E-state index in [0.29, 0.717) is 23.9 Å². The Morgan fingerprint density at radius 2 is 2.18 bits per heavy atom. The van der Waals surface area contributed by atoms with E-state index in [-0.39, 0.29) is 11.8 Å². The normalized spacial score (nSPS) is 24.6. The average Bonchev–Trinajstić information content (AvgIpc) is 3.07. The molecule has 2 fully saturated rings. The number of carbonyl (C=O) groups excluding carboxylic acids is 1. The molecule has 22 heavy (non-hydrogen) atoms. The number of furan rings is 1. The minimum absolute atomic E-state index is 0.156. The van der Waals surface area contributed by atoms with E-state index in [1.165, 1.54) is 0 Å². The average molecular weight is 300 g/mol. The number of aryl methyl sites for hydroxylation is 1. The number of hydrogen-bond acceptors (Lipinski definition) is 7. The fraction of sp³-hybridized carbons (Fsp3) is 0.533. The molecule has 0 bridgehead atoms. The Morgan fingerprint density at radius 1 is 1.27 bits per heavy atom. The summed E-state index contributed by atoms with van der Waals surface area (Å²) in [6.45, 7) is 5.01. The predicted molar refractivity (Wildman–Crippen MR) is 75.0 cm³/mol. The minimum atomic E-state index is 0.156. The van der Waals surface area contributed by atoms with Crippen molar-refractivity contribution in [2.24, 2.45) is 0 Å². The van der Waals surface area contributed by atoms with E-state index in [2.05, 4.69) is 20.2 Å². The summed E-state index contributed by atoms with van der Waals surface area (Å²) in [6.07, 6.45) is 2.24. The van der Waals surface area contributed by atoms with Crippen LogP contribution in [-0.4, -0.2) is 45.6 Å². The van der Waals surface area contributed by atoms with Gasteiger partial charge in [0.05, 0.1) is 5.56 Å². The van der Waals surface area contributed by atoms with Gasteiger partial charge in [-0.15, -0.1) is 0 Å². The molecular weight excluding hydrogens is 284 g/mol. The molecule has 0 amide bonds. The van der Waals surface area contributed by atoms with Crippen molar-refractivity contribution in [2.45, 2.75) is 32.2 Å². The van der Waals surface area contributed by atoms with E-state index >= 15 is 0 Å². The van der Waals surface area contributed by atoms with Gasteiger partial charge in [-0.25, -0.2) is 10.0 Å². The molecule has 5 rings (SSSR count). The van der Waals surface area contributed by atoms with Crippen molar-refractivity contribution >= 4 is 5.78 Å². The monoisotopic (exact) mass is 300 g/mol. The zero-order valence-corrected chi connectivity index (χ0v) is 12.3. The largest absolute Gasteiger partial charge is 0.455 e. The molecule has 7 nitrogen and oxygen atoms in total. The van der Waals surface area contributed by atoms with E-state index in [1.807, 2.05) is 6.92 Å². The first-order valence-electron chi connectivity index (χ1n) is 7.73. The van der Waals surface area contributed by atoms with Gasteiger partial charge >= 0.3 is 0 Å². The molecule has 0 N–H and O–H groups in total. The number of piperazine rings is 1. The molecule has 0 unspecified atom stereocenters. The second kappa shape index (κ2) is 4.27. The lowest BCUT2D eigenvalue weighted by atomic mass is 9.94. The Kier molecular flexibility index (Phi) is 2.43. The van der Waals surface area contributed by atoms with E-state index in [0.717, 1.165) is 49.4 Å². The molecular formula is C15H16N4O3. The van der Waals surface area contributed by atoms with Gasteiger partial charge in [0.2, 0.25) is 0 Å². The Morgan fingerprint density at radius 3 is 2.86 bits per heavy atom. The third-order valence-corrected chi connectivity index (χ3v) is 4.93. The van der Waals surface area contributed by atoms with E-state index in [1.54, 1.807) is 0 Å². The molecule has 7 heteroatoms. The fourth-order valence-electron chi connectivity index (χ4n) is 3.63. The van der Waals surface area contributed by atoms with Gasteiger partial charge < -0.3 is 8.94 Å². The molecule has 0 spiro atoms. The van der Waals surface area contributed by atoms with Crippen LogP contribution in [0.1, 0.15) is 46.4 Å². The van der Waals surface area contributed by atoms with Crippen LogP contribution < -0.4 is 0 Å². The van der Waals surface area contributed by atoms with Crippen molar-refractivity contribution in [3.63, 3.8) is 0 Å². The van der Waals surface area contributed by atoms with Gasteiger partial charge in [-0.05, 0) is 13.3 Å². The van der Waals surface area contributed by atoms with Gasteiger partial charge in [-0.2, -0.15) is 4.98 Å². The standard InChI is InChI=1S/C15H16N4O3/c1-8-12-10(20)3-2-4-11(12)21-13(8)15-16-14(17-22-15)9-7-18-5-6-19(9)18/h9H,2-7H2,1H3/t9-/m1/s1. The van der Waals surface area contributed by atoms with Crippen LogP contribution in [-0.2, 0) is 6.42 Å². The van der Waals surface area contributed by atoms with Crippen LogP contribution in [0.25, 0.3) is 11.7 Å². The summed E-state index contributed by atoms with van der Waals surface area (Å²) < 4.78 is 11.3. The van der Waals surface area contributed by atoms with Crippen molar-refractivity contribution in [1.29, 1.82) is 0 Å². The van der Waals surface area contributed by atoms with Gasteiger partial charge in [0.15, 0.2) is 17.4 Å². The number of ketones is 1. The van der Waals surface area contributed by atoms with Crippen LogP contribution in [0.5, 0.6) is 0 Å². The number of nitrogens with zero attached hydrogens (tertiary/aromatic N) is 4. The minimum Gasteiger partial charge on any atom is -0.455 e. The smallest absolute Gasteiger partial charge is 0.293 e. The Labute approximate surface area is 126 Å². The quantitative estimate of drug-likeness (QED) is 0.836. The summed E-state index contributed by atoms with van der Waals surface area (Å²) in [5.41, 5.74) is 1.55. The second-order valence-corrected chi connectivity index (χ2v) is 6.18. The predicted octanol–water partition coefficient (Wildman–Crippen LogP) is 1.74. The summed E-state index contributed by atoms with van der Waals surface area (Å²) >= 11 is 0. The van der Waals surface area contributed by atoms with Crippen LogP contribution in [0.15, 0.2) is 8.94 Å². The molecule has 1 aliphatic carbocycles. The zero-order valence-electron chi connectivity index (χ0n) is 12.3. The van der Waals surface area contributed by atoms with Gasteiger partial charge in [0.25, 0.3) is 5.89 Å². The highest BCUT2D eigenvalue weighted by molar-refractivity contribution is 6.00. The molecule has 2 saturated heterocycles. The number of hydrogen-bond donors (Lipinski definition) is 0. The first kappa shape index (κ1) is 12.5. The maximum atomic E-state index is 12.1. The number of aromatic nitrogens is 2. The Balaban J connectivity index is 1.50. The number of hydrazine groups is 1. The molecule has 2 aromatic heterocycles. The van der Waals surface area contributed by atoms with Crippen LogP contribution in [0.2, 0.25) is 0 Å². The summed E-state index contributed by atoms with van der Waals surface area (Å²) in [4.78, 5) is 16.6. The van der Waals surface area contributed by atoms with Crippen molar-refractivity contribution in [1.82, 2.24) is 20.2 Å². The van der Waals surface area contributed by atoms with E-state index in [9.17, 15) is 4.79 Å². The fourth-order valence-corrected chi connectivity index (χ4v) is 3.63. The molecule has 2 aliphatic heterocycles. The highest BCUT2D eigenvalue weighted by atomic mass is 16.5. The number of fused-ring (bicyclic) bond motifs is 2. The first-order chi connectivity index (χ1) is 10.7. The van der Waals surface area contributed by atoms with E-state index in [4.69, 9.17) is 8.94 Å². The third-order valence-electron chi connectivity index (χ3n) is 4.93. The topological polar surface area (TPSA) is 75.6 Å². The summed E-state index contributed by atoms with van der Waals surface area (Å²) in [6, 6.07) is 0.220. The van der Waals surface area contributed by atoms with Crippen LogP contribution in [0, 0.1) is 6.92 Å². The zero-order chi connectivity index (χ0) is 14.8. The van der Waals surface area contributed by atoms with E-state index < -0.39 is 0 Å². The molecule has 0 saturated carbocycles. The molecule has 4 heterocycles. The summed E-state index contributed by atoms with van der Waals surface area (Å²) in [5.74, 6) is 2.56. The Hall–Kier alpha value is -1.99. The number of carbonyl (C=O) groups is 1.